The first-order valence-electron chi connectivity index (χ1n) is 7.87. The Kier molecular flexibility index (Phi) is 4.49. The molecule has 2 aliphatic rings. The molecule has 1 N–H and O–H groups in total. The largest absolute Gasteiger partial charge is 0.307 e. The van der Waals surface area contributed by atoms with Crippen molar-refractivity contribution in [3.05, 3.63) is 34.3 Å². The molecule has 0 amide bonds. The Labute approximate surface area is 131 Å². The summed E-state index contributed by atoms with van der Waals surface area (Å²) in [5.74, 6) is 0. The van der Waals surface area contributed by atoms with E-state index in [1.165, 1.54) is 37.7 Å². The SMILES string of the molecule is CC(NC1CC2CCCC(C1)N2C)c1ccc(Br)cc1. The first-order valence-corrected chi connectivity index (χ1v) is 8.66. The molecule has 2 heterocycles. The van der Waals surface area contributed by atoms with Crippen LogP contribution in [0.3, 0.4) is 0 Å². The number of hydrogen-bond donors (Lipinski definition) is 1. The van der Waals surface area contributed by atoms with Gasteiger partial charge in [0.1, 0.15) is 0 Å². The van der Waals surface area contributed by atoms with Gasteiger partial charge in [0.15, 0.2) is 0 Å². The lowest BCUT2D eigenvalue weighted by molar-refractivity contribution is 0.0463. The van der Waals surface area contributed by atoms with Gasteiger partial charge in [0, 0.05) is 28.6 Å². The highest BCUT2D eigenvalue weighted by atomic mass is 79.9. The quantitative estimate of drug-likeness (QED) is 0.893. The van der Waals surface area contributed by atoms with Gasteiger partial charge in [0.2, 0.25) is 0 Å². The first-order chi connectivity index (χ1) is 9.63. The van der Waals surface area contributed by atoms with E-state index in [1.807, 2.05) is 0 Å². The van der Waals surface area contributed by atoms with Crippen molar-refractivity contribution in [2.24, 2.45) is 0 Å². The normalized spacial score (nSPS) is 32.0. The van der Waals surface area contributed by atoms with Gasteiger partial charge < -0.3 is 10.2 Å². The van der Waals surface area contributed by atoms with E-state index in [-0.39, 0.29) is 0 Å². The summed E-state index contributed by atoms with van der Waals surface area (Å²) >= 11 is 3.51. The van der Waals surface area contributed by atoms with Gasteiger partial charge in [0.25, 0.3) is 0 Å². The molecular formula is C17H25BrN2. The third-order valence-corrected chi connectivity index (χ3v) is 5.72. The molecule has 2 fully saturated rings. The molecule has 3 unspecified atom stereocenters. The van der Waals surface area contributed by atoms with Crippen LogP contribution in [0.2, 0.25) is 0 Å². The van der Waals surface area contributed by atoms with Gasteiger partial charge in [-0.25, -0.2) is 0 Å². The molecule has 2 saturated heterocycles. The van der Waals surface area contributed by atoms with Gasteiger partial charge in [-0.3, -0.25) is 0 Å². The third-order valence-electron chi connectivity index (χ3n) is 5.20. The van der Waals surface area contributed by atoms with Crippen LogP contribution in [-0.2, 0) is 0 Å². The Morgan fingerprint density at radius 2 is 1.75 bits per heavy atom. The zero-order valence-electron chi connectivity index (χ0n) is 12.5. The summed E-state index contributed by atoms with van der Waals surface area (Å²) in [4.78, 5) is 2.63. The topological polar surface area (TPSA) is 15.3 Å². The lowest BCUT2D eigenvalue weighted by Gasteiger charge is -2.47. The first kappa shape index (κ1) is 14.6. The Hall–Kier alpha value is -0.380. The van der Waals surface area contributed by atoms with Gasteiger partial charge in [-0.1, -0.05) is 34.5 Å². The van der Waals surface area contributed by atoms with Crippen LogP contribution in [0.4, 0.5) is 0 Å². The molecule has 110 valence electrons. The predicted molar refractivity (Wildman–Crippen MR) is 87.9 cm³/mol. The minimum Gasteiger partial charge on any atom is -0.307 e. The van der Waals surface area contributed by atoms with Crippen LogP contribution in [0.15, 0.2) is 28.7 Å². The fourth-order valence-electron chi connectivity index (χ4n) is 3.95. The van der Waals surface area contributed by atoms with Crippen LogP contribution >= 0.6 is 15.9 Å². The lowest BCUT2D eigenvalue weighted by atomic mass is 9.82. The monoisotopic (exact) mass is 336 g/mol. The molecule has 20 heavy (non-hydrogen) atoms. The van der Waals surface area contributed by atoms with E-state index in [0.717, 1.165) is 16.6 Å². The molecule has 1 aromatic carbocycles. The van der Waals surface area contributed by atoms with E-state index in [9.17, 15) is 0 Å². The summed E-state index contributed by atoms with van der Waals surface area (Å²) in [7, 11) is 2.32. The fourth-order valence-corrected chi connectivity index (χ4v) is 4.22. The van der Waals surface area contributed by atoms with Crippen molar-refractivity contribution < 1.29 is 0 Å². The maximum absolute atomic E-state index is 3.86. The number of benzene rings is 1. The third kappa shape index (κ3) is 3.10. The molecular weight excluding hydrogens is 312 g/mol. The minimum atomic E-state index is 0.442. The van der Waals surface area contributed by atoms with Crippen LogP contribution in [0, 0.1) is 0 Å². The number of piperidine rings is 2. The van der Waals surface area contributed by atoms with Gasteiger partial charge in [-0.05, 0) is 57.4 Å². The average Bonchev–Trinajstić information content (AvgIpc) is 2.40. The highest BCUT2D eigenvalue weighted by molar-refractivity contribution is 9.10. The van der Waals surface area contributed by atoms with E-state index in [1.54, 1.807) is 0 Å². The van der Waals surface area contributed by atoms with Crippen LogP contribution in [0.5, 0.6) is 0 Å². The van der Waals surface area contributed by atoms with E-state index < -0.39 is 0 Å². The molecule has 2 nitrogen and oxygen atoms in total. The zero-order valence-corrected chi connectivity index (χ0v) is 14.1. The molecule has 0 saturated carbocycles. The lowest BCUT2D eigenvalue weighted by Crippen LogP contribution is -2.54. The smallest absolute Gasteiger partial charge is 0.0294 e. The zero-order chi connectivity index (χ0) is 14.1. The van der Waals surface area contributed by atoms with Crippen molar-refractivity contribution in [2.45, 2.75) is 63.2 Å². The predicted octanol–water partition coefficient (Wildman–Crippen LogP) is 4.12. The van der Waals surface area contributed by atoms with E-state index in [2.05, 4.69) is 64.4 Å². The number of nitrogens with zero attached hydrogens (tertiary/aromatic N) is 1. The summed E-state index contributed by atoms with van der Waals surface area (Å²) in [6.07, 6.45) is 6.83. The highest BCUT2D eigenvalue weighted by Gasteiger charge is 2.36. The Morgan fingerprint density at radius 1 is 1.15 bits per heavy atom. The van der Waals surface area contributed by atoms with Crippen molar-refractivity contribution >= 4 is 15.9 Å². The Morgan fingerprint density at radius 3 is 2.35 bits per heavy atom. The van der Waals surface area contributed by atoms with Crippen molar-refractivity contribution in [2.75, 3.05) is 7.05 Å². The molecule has 2 bridgehead atoms. The summed E-state index contributed by atoms with van der Waals surface area (Å²) < 4.78 is 1.15. The number of hydrogen-bond acceptors (Lipinski definition) is 2. The molecule has 2 aliphatic heterocycles. The van der Waals surface area contributed by atoms with Gasteiger partial charge >= 0.3 is 0 Å². The second-order valence-electron chi connectivity index (χ2n) is 6.51. The van der Waals surface area contributed by atoms with E-state index >= 15 is 0 Å². The standard InChI is InChI=1S/C17H25BrN2/c1-12(13-6-8-14(18)9-7-13)19-15-10-16-4-3-5-17(11-15)20(16)2/h6-9,12,15-17,19H,3-5,10-11H2,1-2H3. The fraction of sp³-hybridized carbons (Fsp3) is 0.647. The molecule has 0 aromatic heterocycles. The number of halogens is 1. The molecule has 3 rings (SSSR count). The van der Waals surface area contributed by atoms with Crippen LogP contribution in [-0.4, -0.2) is 30.1 Å². The van der Waals surface area contributed by atoms with Crippen molar-refractivity contribution in [3.63, 3.8) is 0 Å². The molecule has 0 radical (unpaired) electrons. The van der Waals surface area contributed by atoms with Crippen LogP contribution < -0.4 is 5.32 Å². The molecule has 1 aromatic rings. The molecule has 0 spiro atoms. The maximum Gasteiger partial charge on any atom is 0.0294 e. The van der Waals surface area contributed by atoms with Crippen LogP contribution in [0.1, 0.15) is 50.6 Å². The maximum atomic E-state index is 3.86. The average molecular weight is 337 g/mol. The number of fused-ring (bicyclic) bond motifs is 2. The van der Waals surface area contributed by atoms with E-state index in [4.69, 9.17) is 0 Å². The minimum absolute atomic E-state index is 0.442. The van der Waals surface area contributed by atoms with Crippen LogP contribution in [0.25, 0.3) is 0 Å². The molecule has 3 atom stereocenters. The summed E-state index contributed by atoms with van der Waals surface area (Å²) in [6.45, 7) is 2.29. The molecule has 3 heteroatoms. The second-order valence-corrected chi connectivity index (χ2v) is 7.43. The Balaban J connectivity index is 1.62. The number of rotatable bonds is 3. The van der Waals surface area contributed by atoms with Gasteiger partial charge in [-0.15, -0.1) is 0 Å². The van der Waals surface area contributed by atoms with Gasteiger partial charge in [-0.2, -0.15) is 0 Å². The van der Waals surface area contributed by atoms with Gasteiger partial charge in [0.05, 0.1) is 0 Å². The van der Waals surface area contributed by atoms with Crippen molar-refractivity contribution in [1.29, 1.82) is 0 Å². The van der Waals surface area contributed by atoms with E-state index in [0.29, 0.717) is 12.1 Å². The summed E-state index contributed by atoms with van der Waals surface area (Å²) in [6, 6.07) is 11.4. The second kappa shape index (κ2) is 6.17. The summed E-state index contributed by atoms with van der Waals surface area (Å²) in [5.41, 5.74) is 1.39. The summed E-state index contributed by atoms with van der Waals surface area (Å²) in [5, 5.41) is 3.86. The highest BCUT2D eigenvalue weighted by Crippen LogP contribution is 2.33. The van der Waals surface area contributed by atoms with Crippen molar-refractivity contribution in [1.82, 2.24) is 10.2 Å². The number of nitrogens with one attached hydrogen (secondary N) is 1. The Bertz CT molecular complexity index is 431. The molecule has 0 aliphatic carbocycles. The van der Waals surface area contributed by atoms with Crippen molar-refractivity contribution in [3.8, 4) is 0 Å².